The van der Waals surface area contributed by atoms with E-state index in [1.165, 1.54) is 18.0 Å². The van der Waals surface area contributed by atoms with Crippen molar-refractivity contribution in [1.82, 2.24) is 4.98 Å². The monoisotopic (exact) mass is 352 g/mol. The summed E-state index contributed by atoms with van der Waals surface area (Å²) in [4.78, 5) is 5.03. The van der Waals surface area contributed by atoms with Crippen LogP contribution in [0.2, 0.25) is 5.02 Å². The van der Waals surface area contributed by atoms with Crippen LogP contribution in [0.1, 0.15) is 11.1 Å². The van der Waals surface area contributed by atoms with Gasteiger partial charge in [-0.1, -0.05) is 29.4 Å². The molecule has 1 aromatic carbocycles. The molecule has 0 fully saturated rings. The standard InChI is InChI=1S/C17H9ClN4OS/c18-10-3-1-4-11(7-10)24-17-13(9-20)15(14-5-2-6-23-14)12(8-19)16(21)22-17/h1-7H,(H2,21,22). The summed E-state index contributed by atoms with van der Waals surface area (Å²) in [6, 6.07) is 14.6. The average molecular weight is 353 g/mol. The highest BCUT2D eigenvalue weighted by molar-refractivity contribution is 7.99. The fraction of sp³-hybridized carbons (Fsp3) is 0. The van der Waals surface area contributed by atoms with E-state index in [1.807, 2.05) is 12.1 Å². The Kier molecular flexibility index (Phi) is 4.43. The zero-order valence-corrected chi connectivity index (χ0v) is 13.7. The highest BCUT2D eigenvalue weighted by atomic mass is 35.5. The van der Waals surface area contributed by atoms with E-state index in [2.05, 4.69) is 11.1 Å². The van der Waals surface area contributed by atoms with Gasteiger partial charge in [0.15, 0.2) is 0 Å². The number of aromatic nitrogens is 1. The van der Waals surface area contributed by atoms with Crippen LogP contribution in [0.5, 0.6) is 0 Å². The Bertz CT molecular complexity index is 987. The summed E-state index contributed by atoms with van der Waals surface area (Å²) >= 11 is 7.24. The molecule has 3 rings (SSSR count). The molecule has 116 valence electrons. The summed E-state index contributed by atoms with van der Waals surface area (Å²) in [7, 11) is 0. The van der Waals surface area contributed by atoms with Crippen molar-refractivity contribution < 1.29 is 4.42 Å². The lowest BCUT2D eigenvalue weighted by molar-refractivity contribution is 0.581. The molecule has 3 aromatic rings. The first-order chi connectivity index (χ1) is 11.6. The molecule has 24 heavy (non-hydrogen) atoms. The molecule has 0 aliphatic carbocycles. The van der Waals surface area contributed by atoms with Crippen molar-refractivity contribution in [3.63, 3.8) is 0 Å². The van der Waals surface area contributed by atoms with Crippen LogP contribution in [0.3, 0.4) is 0 Å². The van der Waals surface area contributed by atoms with Crippen LogP contribution in [0.25, 0.3) is 11.3 Å². The van der Waals surface area contributed by atoms with Gasteiger partial charge in [0.1, 0.15) is 34.3 Å². The third-order valence-electron chi connectivity index (χ3n) is 3.19. The van der Waals surface area contributed by atoms with Crippen LogP contribution >= 0.6 is 23.4 Å². The number of benzene rings is 1. The largest absolute Gasteiger partial charge is 0.464 e. The van der Waals surface area contributed by atoms with Gasteiger partial charge in [-0.05, 0) is 30.3 Å². The van der Waals surface area contributed by atoms with E-state index in [4.69, 9.17) is 21.8 Å². The number of nitrogens with two attached hydrogens (primary N) is 1. The van der Waals surface area contributed by atoms with Gasteiger partial charge in [0.2, 0.25) is 0 Å². The summed E-state index contributed by atoms with van der Waals surface area (Å²) in [6.07, 6.45) is 1.47. The van der Waals surface area contributed by atoms with Crippen molar-refractivity contribution >= 4 is 29.2 Å². The van der Waals surface area contributed by atoms with Crippen LogP contribution < -0.4 is 5.73 Å². The highest BCUT2D eigenvalue weighted by Gasteiger charge is 2.22. The maximum absolute atomic E-state index is 9.62. The first kappa shape index (κ1) is 15.9. The number of nitriles is 2. The minimum atomic E-state index is 0.0485. The first-order valence-corrected chi connectivity index (χ1v) is 7.94. The van der Waals surface area contributed by atoms with Gasteiger partial charge < -0.3 is 10.2 Å². The van der Waals surface area contributed by atoms with Gasteiger partial charge >= 0.3 is 0 Å². The molecule has 0 amide bonds. The lowest BCUT2D eigenvalue weighted by Crippen LogP contribution is -2.02. The quantitative estimate of drug-likeness (QED) is 0.746. The number of nitrogens with zero attached hydrogens (tertiary/aromatic N) is 3. The molecular formula is C17H9ClN4OS. The first-order valence-electron chi connectivity index (χ1n) is 6.75. The van der Waals surface area contributed by atoms with E-state index >= 15 is 0 Å². The number of halogens is 1. The minimum absolute atomic E-state index is 0.0485. The predicted molar refractivity (Wildman–Crippen MR) is 91.4 cm³/mol. The molecule has 0 atom stereocenters. The molecule has 0 spiro atoms. The van der Waals surface area contributed by atoms with E-state index in [0.717, 1.165) is 4.90 Å². The number of anilines is 1. The Balaban J connectivity index is 2.21. The second-order valence-corrected chi connectivity index (χ2v) is 6.19. The second-order valence-electron chi connectivity index (χ2n) is 4.69. The Labute approximate surface area is 147 Å². The van der Waals surface area contributed by atoms with Gasteiger partial charge in [-0.3, -0.25) is 0 Å². The summed E-state index contributed by atoms with van der Waals surface area (Å²) in [5, 5.41) is 20.0. The maximum atomic E-state index is 9.62. The van der Waals surface area contributed by atoms with E-state index in [0.29, 0.717) is 21.4 Å². The van der Waals surface area contributed by atoms with Crippen molar-refractivity contribution in [3.8, 4) is 23.5 Å². The smallest absolute Gasteiger partial charge is 0.143 e. The van der Waals surface area contributed by atoms with Crippen molar-refractivity contribution in [2.45, 2.75) is 9.92 Å². The fourth-order valence-corrected chi connectivity index (χ4v) is 3.39. The molecule has 0 saturated heterocycles. The van der Waals surface area contributed by atoms with Crippen LogP contribution in [0.4, 0.5) is 5.82 Å². The number of hydrogen-bond acceptors (Lipinski definition) is 6. The van der Waals surface area contributed by atoms with E-state index in [1.54, 1.807) is 30.3 Å². The third-order valence-corrected chi connectivity index (χ3v) is 4.41. The number of hydrogen-bond donors (Lipinski definition) is 1. The van der Waals surface area contributed by atoms with Gasteiger partial charge in [0, 0.05) is 9.92 Å². The number of furan rings is 1. The van der Waals surface area contributed by atoms with Gasteiger partial charge in [0.05, 0.1) is 17.4 Å². The van der Waals surface area contributed by atoms with Crippen molar-refractivity contribution in [2.24, 2.45) is 0 Å². The molecule has 0 aliphatic heterocycles. The maximum Gasteiger partial charge on any atom is 0.143 e. The Hall–Kier alpha value is -2.93. The van der Waals surface area contributed by atoms with Crippen LogP contribution in [0.15, 0.2) is 57.0 Å². The van der Waals surface area contributed by atoms with Crippen molar-refractivity contribution in [2.75, 3.05) is 5.73 Å². The number of rotatable bonds is 3. The summed E-state index contributed by atoms with van der Waals surface area (Å²) < 4.78 is 5.37. The molecule has 0 aliphatic rings. The second kappa shape index (κ2) is 6.67. The summed E-state index contributed by atoms with van der Waals surface area (Å²) in [5.41, 5.74) is 6.63. The molecule has 0 saturated carbocycles. The molecule has 5 nitrogen and oxygen atoms in total. The van der Waals surface area contributed by atoms with E-state index in [-0.39, 0.29) is 16.9 Å². The van der Waals surface area contributed by atoms with Crippen LogP contribution in [-0.4, -0.2) is 4.98 Å². The van der Waals surface area contributed by atoms with Crippen LogP contribution in [0, 0.1) is 22.7 Å². The van der Waals surface area contributed by atoms with E-state index < -0.39 is 0 Å². The molecule has 0 unspecified atom stereocenters. The fourth-order valence-electron chi connectivity index (χ4n) is 2.18. The molecule has 2 aromatic heterocycles. The zero-order chi connectivity index (χ0) is 17.1. The Morgan fingerprint density at radius 2 is 1.92 bits per heavy atom. The molecule has 0 radical (unpaired) electrons. The van der Waals surface area contributed by atoms with E-state index in [9.17, 15) is 10.5 Å². The normalized spacial score (nSPS) is 10.1. The van der Waals surface area contributed by atoms with Crippen molar-refractivity contribution in [3.05, 3.63) is 58.8 Å². The molecule has 0 bridgehead atoms. The molecule has 2 heterocycles. The lowest BCUT2D eigenvalue weighted by Gasteiger charge is -2.11. The lowest BCUT2D eigenvalue weighted by atomic mass is 10.0. The third kappa shape index (κ3) is 2.93. The Morgan fingerprint density at radius 3 is 2.54 bits per heavy atom. The highest BCUT2D eigenvalue weighted by Crippen LogP contribution is 2.38. The summed E-state index contributed by atoms with van der Waals surface area (Å²) in [6.45, 7) is 0. The predicted octanol–water partition coefficient (Wildman–Crippen LogP) is 4.47. The Morgan fingerprint density at radius 1 is 1.12 bits per heavy atom. The van der Waals surface area contributed by atoms with Crippen molar-refractivity contribution in [1.29, 1.82) is 10.5 Å². The van der Waals surface area contributed by atoms with Gasteiger partial charge in [-0.2, -0.15) is 10.5 Å². The van der Waals surface area contributed by atoms with Gasteiger partial charge in [-0.25, -0.2) is 4.98 Å². The van der Waals surface area contributed by atoms with Crippen LogP contribution in [-0.2, 0) is 0 Å². The minimum Gasteiger partial charge on any atom is -0.464 e. The summed E-state index contributed by atoms with van der Waals surface area (Å²) in [5.74, 6) is 0.442. The number of nitrogen functional groups attached to an aromatic ring is 1. The average Bonchev–Trinajstić information content (AvgIpc) is 3.08. The number of pyridine rings is 1. The molecule has 2 N–H and O–H groups in total. The topological polar surface area (TPSA) is 99.6 Å². The zero-order valence-electron chi connectivity index (χ0n) is 12.2. The van der Waals surface area contributed by atoms with Gasteiger partial charge in [-0.15, -0.1) is 0 Å². The SMILES string of the molecule is N#Cc1c(N)nc(Sc2cccc(Cl)c2)c(C#N)c1-c1ccco1. The molecular weight excluding hydrogens is 344 g/mol. The van der Waals surface area contributed by atoms with Gasteiger partial charge in [0.25, 0.3) is 0 Å². The molecule has 7 heteroatoms.